The standard InChI is InChI=1S/C17H29N5O2/c1-21(2)16-10-14(6-7-18-16)11-19-17(24)20-12-15(23)13-22-8-4-3-5-9-22/h6-7,10,15,23H,3-5,8-9,11-13H2,1-2H3,(H2,19,20,24)/t15-/m0/s1. The maximum Gasteiger partial charge on any atom is 0.315 e. The van der Waals surface area contributed by atoms with E-state index < -0.39 is 6.10 Å². The molecule has 2 rings (SSSR count). The van der Waals surface area contributed by atoms with Crippen molar-refractivity contribution in [3.63, 3.8) is 0 Å². The first kappa shape index (κ1) is 18.5. The maximum atomic E-state index is 11.9. The van der Waals surface area contributed by atoms with Gasteiger partial charge in [0.15, 0.2) is 0 Å². The van der Waals surface area contributed by atoms with Crippen molar-refractivity contribution in [3.8, 4) is 0 Å². The number of carbonyl (C=O) groups is 1. The fourth-order valence-electron chi connectivity index (χ4n) is 2.78. The van der Waals surface area contributed by atoms with Crippen molar-refractivity contribution in [3.05, 3.63) is 23.9 Å². The highest BCUT2D eigenvalue weighted by atomic mass is 16.3. The molecule has 134 valence electrons. The van der Waals surface area contributed by atoms with Crippen LogP contribution in [0.3, 0.4) is 0 Å². The molecule has 1 atom stereocenters. The van der Waals surface area contributed by atoms with Crippen molar-refractivity contribution in [2.75, 3.05) is 45.2 Å². The quantitative estimate of drug-likeness (QED) is 0.687. The van der Waals surface area contributed by atoms with Crippen LogP contribution in [0, 0.1) is 0 Å². The number of amides is 2. The molecule has 7 nitrogen and oxygen atoms in total. The second-order valence-corrected chi connectivity index (χ2v) is 6.50. The first-order chi connectivity index (χ1) is 11.5. The van der Waals surface area contributed by atoms with E-state index in [9.17, 15) is 9.90 Å². The third-order valence-corrected chi connectivity index (χ3v) is 4.14. The number of hydrogen-bond acceptors (Lipinski definition) is 5. The molecule has 3 N–H and O–H groups in total. The number of carbonyl (C=O) groups excluding carboxylic acids is 1. The zero-order chi connectivity index (χ0) is 17.4. The van der Waals surface area contributed by atoms with Crippen molar-refractivity contribution < 1.29 is 9.90 Å². The Balaban J connectivity index is 1.66. The summed E-state index contributed by atoms with van der Waals surface area (Å²) in [5, 5.41) is 15.6. The Kier molecular flexibility index (Phi) is 7.27. The Morgan fingerprint density at radius 3 is 2.79 bits per heavy atom. The van der Waals surface area contributed by atoms with Crippen molar-refractivity contribution in [2.45, 2.75) is 31.9 Å². The van der Waals surface area contributed by atoms with Gasteiger partial charge in [0, 0.05) is 39.9 Å². The zero-order valence-electron chi connectivity index (χ0n) is 14.7. The van der Waals surface area contributed by atoms with Gasteiger partial charge in [-0.25, -0.2) is 9.78 Å². The van der Waals surface area contributed by atoms with Crippen molar-refractivity contribution in [1.82, 2.24) is 20.5 Å². The molecule has 2 amide bonds. The minimum atomic E-state index is -0.532. The molecule has 0 aliphatic carbocycles. The normalized spacial score (nSPS) is 16.5. The van der Waals surface area contributed by atoms with Gasteiger partial charge in [0.1, 0.15) is 5.82 Å². The third-order valence-electron chi connectivity index (χ3n) is 4.14. The highest BCUT2D eigenvalue weighted by molar-refractivity contribution is 5.73. The van der Waals surface area contributed by atoms with Crippen LogP contribution in [0.15, 0.2) is 18.3 Å². The van der Waals surface area contributed by atoms with Crippen LogP contribution in [0.4, 0.5) is 10.6 Å². The number of piperidine rings is 1. The van der Waals surface area contributed by atoms with Gasteiger partial charge >= 0.3 is 6.03 Å². The van der Waals surface area contributed by atoms with Crippen LogP contribution >= 0.6 is 0 Å². The molecule has 1 aliphatic heterocycles. The van der Waals surface area contributed by atoms with E-state index >= 15 is 0 Å². The van der Waals surface area contributed by atoms with Gasteiger partial charge in [-0.15, -0.1) is 0 Å². The Hall–Kier alpha value is -1.86. The first-order valence-electron chi connectivity index (χ1n) is 8.59. The molecule has 0 spiro atoms. The van der Waals surface area contributed by atoms with E-state index in [1.54, 1.807) is 6.20 Å². The average Bonchev–Trinajstić information content (AvgIpc) is 2.59. The Labute approximate surface area is 144 Å². The number of aromatic nitrogens is 1. The molecule has 1 fully saturated rings. The molecule has 0 bridgehead atoms. The number of nitrogens with one attached hydrogen (secondary N) is 2. The lowest BCUT2D eigenvalue weighted by molar-refractivity contribution is 0.101. The number of rotatable bonds is 7. The van der Waals surface area contributed by atoms with E-state index in [-0.39, 0.29) is 12.6 Å². The topological polar surface area (TPSA) is 80.7 Å². The van der Waals surface area contributed by atoms with Crippen LogP contribution < -0.4 is 15.5 Å². The van der Waals surface area contributed by atoms with Crippen LogP contribution in [0.5, 0.6) is 0 Å². The predicted molar refractivity (Wildman–Crippen MR) is 95.1 cm³/mol. The van der Waals surface area contributed by atoms with Gasteiger partial charge in [-0.1, -0.05) is 6.42 Å². The van der Waals surface area contributed by atoms with Gasteiger partial charge < -0.3 is 25.5 Å². The molecule has 0 aromatic carbocycles. The third kappa shape index (κ3) is 6.33. The summed E-state index contributed by atoms with van der Waals surface area (Å²) in [5.74, 6) is 0.853. The number of hydrogen-bond donors (Lipinski definition) is 3. The first-order valence-corrected chi connectivity index (χ1v) is 8.59. The van der Waals surface area contributed by atoms with Crippen molar-refractivity contribution in [1.29, 1.82) is 0 Å². The van der Waals surface area contributed by atoms with E-state index in [4.69, 9.17) is 0 Å². The molecule has 1 aliphatic rings. The number of pyridine rings is 1. The molecular weight excluding hydrogens is 306 g/mol. The lowest BCUT2D eigenvalue weighted by Crippen LogP contribution is -2.44. The minimum Gasteiger partial charge on any atom is -0.390 e. The van der Waals surface area contributed by atoms with Gasteiger partial charge in [-0.05, 0) is 43.6 Å². The van der Waals surface area contributed by atoms with Gasteiger partial charge in [0.25, 0.3) is 0 Å². The molecule has 0 saturated carbocycles. The van der Waals surface area contributed by atoms with E-state index in [2.05, 4.69) is 20.5 Å². The summed E-state index contributed by atoms with van der Waals surface area (Å²) < 4.78 is 0. The van der Waals surface area contributed by atoms with E-state index in [1.807, 2.05) is 31.1 Å². The smallest absolute Gasteiger partial charge is 0.315 e. The van der Waals surface area contributed by atoms with E-state index in [0.717, 1.165) is 24.5 Å². The average molecular weight is 335 g/mol. The molecular formula is C17H29N5O2. The summed E-state index contributed by atoms with van der Waals surface area (Å²) >= 11 is 0. The second-order valence-electron chi connectivity index (χ2n) is 6.50. The SMILES string of the molecule is CN(C)c1cc(CNC(=O)NC[C@H](O)CN2CCCCC2)ccn1. The Morgan fingerprint density at radius 2 is 2.08 bits per heavy atom. The number of likely N-dealkylation sites (tertiary alicyclic amines) is 1. The molecule has 0 radical (unpaired) electrons. The van der Waals surface area contributed by atoms with Crippen LogP contribution in [0.25, 0.3) is 0 Å². The van der Waals surface area contributed by atoms with E-state index in [1.165, 1.54) is 19.3 Å². The Morgan fingerprint density at radius 1 is 1.33 bits per heavy atom. The molecule has 0 unspecified atom stereocenters. The monoisotopic (exact) mass is 335 g/mol. The molecule has 7 heteroatoms. The zero-order valence-corrected chi connectivity index (χ0v) is 14.7. The number of aliphatic hydroxyl groups excluding tert-OH is 1. The minimum absolute atomic E-state index is 0.266. The molecule has 1 aromatic heterocycles. The van der Waals surface area contributed by atoms with Gasteiger partial charge in [0.2, 0.25) is 0 Å². The largest absolute Gasteiger partial charge is 0.390 e. The van der Waals surface area contributed by atoms with Crippen LogP contribution in [-0.2, 0) is 6.54 Å². The van der Waals surface area contributed by atoms with Crippen molar-refractivity contribution >= 4 is 11.8 Å². The van der Waals surface area contributed by atoms with Crippen LogP contribution in [-0.4, -0.2) is 67.4 Å². The predicted octanol–water partition coefficient (Wildman–Crippen LogP) is 0.794. The van der Waals surface area contributed by atoms with Crippen LogP contribution in [0.2, 0.25) is 0 Å². The summed E-state index contributed by atoms with van der Waals surface area (Å²) in [5.41, 5.74) is 0.984. The highest BCUT2D eigenvalue weighted by Gasteiger charge is 2.15. The van der Waals surface area contributed by atoms with Gasteiger partial charge in [-0.2, -0.15) is 0 Å². The molecule has 2 heterocycles. The fraction of sp³-hybridized carbons (Fsp3) is 0.647. The summed E-state index contributed by atoms with van der Waals surface area (Å²) in [7, 11) is 3.85. The second kappa shape index (κ2) is 9.44. The summed E-state index contributed by atoms with van der Waals surface area (Å²) in [4.78, 5) is 20.3. The lowest BCUT2D eigenvalue weighted by atomic mass is 10.1. The maximum absolute atomic E-state index is 11.9. The molecule has 1 aromatic rings. The fourth-order valence-corrected chi connectivity index (χ4v) is 2.78. The number of aliphatic hydroxyl groups is 1. The van der Waals surface area contributed by atoms with Gasteiger partial charge in [0.05, 0.1) is 6.10 Å². The summed E-state index contributed by atoms with van der Waals surface area (Å²) in [6.45, 7) is 3.40. The van der Waals surface area contributed by atoms with Crippen LogP contribution in [0.1, 0.15) is 24.8 Å². The van der Waals surface area contributed by atoms with Gasteiger partial charge in [-0.3, -0.25) is 0 Å². The highest BCUT2D eigenvalue weighted by Crippen LogP contribution is 2.09. The number of β-amino-alcohol motifs (C(OH)–C–C–N with tert-alkyl or cyclic N) is 1. The molecule has 1 saturated heterocycles. The summed E-state index contributed by atoms with van der Waals surface area (Å²) in [6.07, 6.45) is 4.86. The number of nitrogens with zero attached hydrogens (tertiary/aromatic N) is 3. The van der Waals surface area contributed by atoms with E-state index in [0.29, 0.717) is 13.1 Å². The van der Waals surface area contributed by atoms with Crippen molar-refractivity contribution in [2.24, 2.45) is 0 Å². The lowest BCUT2D eigenvalue weighted by Gasteiger charge is -2.28. The Bertz CT molecular complexity index is 517. The summed E-state index contributed by atoms with van der Waals surface area (Å²) in [6, 6.07) is 3.54. The number of urea groups is 1. The molecule has 24 heavy (non-hydrogen) atoms. The number of anilines is 1.